The number of methoxy groups -OCH3 is 1. The Labute approximate surface area is 95.8 Å². The molecule has 0 amide bonds. The third-order valence-corrected chi connectivity index (χ3v) is 5.11. The normalized spacial score (nSPS) is 20.0. The smallest absolute Gasteiger partial charge is 0.0587 e. The van der Waals surface area contributed by atoms with Gasteiger partial charge < -0.3 is 10.1 Å². The van der Waals surface area contributed by atoms with E-state index in [0.29, 0.717) is 5.41 Å². The molecule has 2 nitrogen and oxygen atoms in total. The summed E-state index contributed by atoms with van der Waals surface area (Å²) < 4.78 is 5.06. The SMILES string of the molecule is COCCNCC1(C[Si](C)(C)C)CCC1. The zero-order valence-electron chi connectivity index (χ0n) is 10.9. The van der Waals surface area contributed by atoms with Crippen molar-refractivity contribution in [1.29, 1.82) is 0 Å². The molecule has 0 bridgehead atoms. The summed E-state index contributed by atoms with van der Waals surface area (Å²) in [6.07, 6.45) is 4.32. The molecule has 0 aromatic rings. The van der Waals surface area contributed by atoms with Crippen LogP contribution >= 0.6 is 0 Å². The Bertz CT molecular complexity index is 185. The van der Waals surface area contributed by atoms with E-state index in [1.165, 1.54) is 31.9 Å². The summed E-state index contributed by atoms with van der Waals surface area (Å²) in [4.78, 5) is 0. The van der Waals surface area contributed by atoms with Gasteiger partial charge >= 0.3 is 0 Å². The molecule has 1 aliphatic rings. The number of nitrogens with one attached hydrogen (secondary N) is 1. The summed E-state index contributed by atoms with van der Waals surface area (Å²) in [5.41, 5.74) is 0.651. The lowest BCUT2D eigenvalue weighted by Gasteiger charge is -2.45. The van der Waals surface area contributed by atoms with E-state index in [-0.39, 0.29) is 0 Å². The van der Waals surface area contributed by atoms with Gasteiger partial charge in [-0.25, -0.2) is 0 Å². The van der Waals surface area contributed by atoms with Crippen LogP contribution in [-0.2, 0) is 4.74 Å². The first kappa shape index (κ1) is 13.2. The van der Waals surface area contributed by atoms with Gasteiger partial charge in [0.2, 0.25) is 0 Å². The highest BCUT2D eigenvalue weighted by atomic mass is 28.3. The quantitative estimate of drug-likeness (QED) is 0.535. The van der Waals surface area contributed by atoms with E-state index >= 15 is 0 Å². The second-order valence-corrected chi connectivity index (χ2v) is 11.7. The van der Waals surface area contributed by atoms with Crippen LogP contribution in [0.2, 0.25) is 25.7 Å². The molecule has 3 heteroatoms. The van der Waals surface area contributed by atoms with Crippen molar-refractivity contribution in [2.24, 2.45) is 5.41 Å². The van der Waals surface area contributed by atoms with Gasteiger partial charge in [0.25, 0.3) is 0 Å². The molecule has 1 aliphatic carbocycles. The predicted molar refractivity (Wildman–Crippen MR) is 69.2 cm³/mol. The summed E-state index contributed by atoms with van der Waals surface area (Å²) in [5, 5.41) is 3.55. The first-order chi connectivity index (χ1) is 6.97. The molecule has 0 aromatic heterocycles. The second-order valence-electron chi connectivity index (χ2n) is 6.26. The fourth-order valence-corrected chi connectivity index (χ4v) is 5.47. The van der Waals surface area contributed by atoms with E-state index < -0.39 is 8.07 Å². The lowest BCUT2D eigenvalue weighted by molar-refractivity contribution is 0.143. The summed E-state index contributed by atoms with van der Waals surface area (Å²) in [6.45, 7) is 10.5. The van der Waals surface area contributed by atoms with E-state index in [9.17, 15) is 0 Å². The van der Waals surface area contributed by atoms with Crippen molar-refractivity contribution in [3.8, 4) is 0 Å². The summed E-state index contributed by atoms with van der Waals surface area (Å²) in [6, 6.07) is 1.49. The van der Waals surface area contributed by atoms with Crippen LogP contribution in [0.1, 0.15) is 19.3 Å². The van der Waals surface area contributed by atoms with Crippen LogP contribution in [0.4, 0.5) is 0 Å². The molecule has 15 heavy (non-hydrogen) atoms. The minimum Gasteiger partial charge on any atom is -0.383 e. The van der Waals surface area contributed by atoms with Gasteiger partial charge in [-0.2, -0.15) is 0 Å². The molecule has 0 aromatic carbocycles. The molecule has 90 valence electrons. The molecule has 0 unspecified atom stereocenters. The first-order valence-electron chi connectivity index (χ1n) is 6.17. The van der Waals surface area contributed by atoms with Crippen molar-refractivity contribution < 1.29 is 4.74 Å². The Morgan fingerprint density at radius 3 is 2.33 bits per heavy atom. The molecule has 0 aliphatic heterocycles. The maximum absolute atomic E-state index is 5.06. The van der Waals surface area contributed by atoms with Gasteiger partial charge in [-0.1, -0.05) is 32.1 Å². The number of ether oxygens (including phenoxy) is 1. The minimum absolute atomic E-state index is 0.651. The highest BCUT2D eigenvalue weighted by Crippen LogP contribution is 2.46. The molecule has 1 rings (SSSR count). The predicted octanol–water partition coefficient (Wildman–Crippen LogP) is 2.73. The summed E-state index contributed by atoms with van der Waals surface area (Å²) in [7, 11) is 0.865. The third kappa shape index (κ3) is 4.66. The molecule has 1 fully saturated rings. The van der Waals surface area contributed by atoms with Crippen LogP contribution in [0.15, 0.2) is 0 Å². The average Bonchev–Trinajstić information content (AvgIpc) is 2.06. The van der Waals surface area contributed by atoms with E-state index in [1.807, 2.05) is 0 Å². The topological polar surface area (TPSA) is 21.3 Å². The highest BCUT2D eigenvalue weighted by molar-refractivity contribution is 6.76. The van der Waals surface area contributed by atoms with Crippen LogP contribution in [0.5, 0.6) is 0 Å². The van der Waals surface area contributed by atoms with Crippen molar-refractivity contribution in [1.82, 2.24) is 5.32 Å². The molecule has 0 radical (unpaired) electrons. The van der Waals surface area contributed by atoms with E-state index in [4.69, 9.17) is 4.74 Å². The van der Waals surface area contributed by atoms with Gasteiger partial charge in [0.1, 0.15) is 0 Å². The molecule has 0 atom stereocenters. The molecule has 1 N–H and O–H groups in total. The largest absolute Gasteiger partial charge is 0.383 e. The van der Waals surface area contributed by atoms with Crippen LogP contribution in [0, 0.1) is 5.41 Å². The zero-order valence-corrected chi connectivity index (χ0v) is 11.9. The lowest BCUT2D eigenvalue weighted by Crippen LogP contribution is -2.45. The van der Waals surface area contributed by atoms with Gasteiger partial charge in [-0.3, -0.25) is 0 Å². The van der Waals surface area contributed by atoms with Crippen molar-refractivity contribution in [2.75, 3.05) is 26.8 Å². The molecule has 0 saturated heterocycles. The molecular weight excluding hydrogens is 202 g/mol. The van der Waals surface area contributed by atoms with Crippen LogP contribution in [0.3, 0.4) is 0 Å². The zero-order chi connectivity index (χ0) is 11.4. The maximum atomic E-state index is 5.06. The van der Waals surface area contributed by atoms with Gasteiger partial charge in [0, 0.05) is 28.3 Å². The van der Waals surface area contributed by atoms with Crippen LogP contribution in [-0.4, -0.2) is 34.9 Å². The van der Waals surface area contributed by atoms with Crippen molar-refractivity contribution >= 4 is 8.07 Å². The van der Waals surface area contributed by atoms with Crippen LogP contribution in [0.25, 0.3) is 0 Å². The lowest BCUT2D eigenvalue weighted by atomic mass is 9.70. The van der Waals surface area contributed by atoms with Gasteiger partial charge in [0.15, 0.2) is 0 Å². The van der Waals surface area contributed by atoms with Gasteiger partial charge in [0.05, 0.1) is 6.61 Å². The fraction of sp³-hybridized carbons (Fsp3) is 1.00. The average molecular weight is 229 g/mol. The molecule has 0 spiro atoms. The fourth-order valence-electron chi connectivity index (χ4n) is 2.75. The minimum atomic E-state index is -0.902. The summed E-state index contributed by atoms with van der Waals surface area (Å²) >= 11 is 0. The Kier molecular flexibility index (Phi) is 4.81. The van der Waals surface area contributed by atoms with Crippen molar-refractivity contribution in [3.05, 3.63) is 0 Å². The van der Waals surface area contributed by atoms with Gasteiger partial charge in [-0.05, 0) is 18.3 Å². The third-order valence-electron chi connectivity index (χ3n) is 3.30. The Balaban J connectivity index is 2.27. The standard InChI is InChI=1S/C12H27NOSi/c1-14-9-8-13-10-12(6-5-7-12)11-15(2,3)4/h13H,5-11H2,1-4H3. The Hall–Kier alpha value is 0.137. The van der Waals surface area contributed by atoms with E-state index in [2.05, 4.69) is 25.0 Å². The van der Waals surface area contributed by atoms with Crippen molar-refractivity contribution in [2.45, 2.75) is 44.9 Å². The number of hydrogen-bond acceptors (Lipinski definition) is 2. The molecule has 1 saturated carbocycles. The van der Waals surface area contributed by atoms with Gasteiger partial charge in [-0.15, -0.1) is 0 Å². The highest BCUT2D eigenvalue weighted by Gasteiger charge is 2.39. The number of rotatable bonds is 7. The van der Waals surface area contributed by atoms with Crippen LogP contribution < -0.4 is 5.32 Å². The van der Waals surface area contributed by atoms with Crippen molar-refractivity contribution in [3.63, 3.8) is 0 Å². The Morgan fingerprint density at radius 1 is 1.27 bits per heavy atom. The summed E-state index contributed by atoms with van der Waals surface area (Å²) in [5.74, 6) is 0. The number of hydrogen-bond donors (Lipinski definition) is 1. The Morgan fingerprint density at radius 2 is 1.93 bits per heavy atom. The monoisotopic (exact) mass is 229 g/mol. The molecule has 0 heterocycles. The molecular formula is C12H27NOSi. The van der Waals surface area contributed by atoms with E-state index in [0.717, 1.165) is 13.2 Å². The maximum Gasteiger partial charge on any atom is 0.0587 e. The second kappa shape index (κ2) is 5.46. The van der Waals surface area contributed by atoms with E-state index in [1.54, 1.807) is 7.11 Å². The first-order valence-corrected chi connectivity index (χ1v) is 9.88.